The van der Waals surface area contributed by atoms with E-state index >= 15 is 0 Å². The first-order valence-corrected chi connectivity index (χ1v) is 6.98. The Kier molecular flexibility index (Phi) is 3.79. The maximum Gasteiger partial charge on any atom is 0.150 e. The van der Waals surface area contributed by atoms with Crippen LogP contribution in [-0.2, 0) is 4.74 Å². The molecule has 112 valence electrons. The molecule has 0 radical (unpaired) electrons. The van der Waals surface area contributed by atoms with Gasteiger partial charge in [0.15, 0.2) is 5.82 Å². The van der Waals surface area contributed by atoms with Crippen LogP contribution in [0.25, 0.3) is 11.1 Å². The zero-order chi connectivity index (χ0) is 14.8. The lowest BCUT2D eigenvalue weighted by molar-refractivity contribution is -0.0394. The summed E-state index contributed by atoms with van der Waals surface area (Å²) in [5, 5.41) is 4.32. The number of anilines is 1. The number of nitrogens with zero attached hydrogens (tertiary/aromatic N) is 2. The predicted molar refractivity (Wildman–Crippen MR) is 77.4 cm³/mol. The third kappa shape index (κ3) is 2.71. The monoisotopic (exact) mass is 291 g/mol. The molecular weight excluding hydrogens is 273 g/mol. The van der Waals surface area contributed by atoms with Crippen molar-refractivity contribution in [2.75, 3.05) is 19.5 Å². The minimum Gasteiger partial charge on any atom is -0.494 e. The Hall–Kier alpha value is -2.08. The lowest BCUT2D eigenvalue weighted by Crippen LogP contribution is -2.18. The predicted octanol–water partition coefficient (Wildman–Crippen LogP) is 2.98. The average molecular weight is 291 g/mol. The van der Waals surface area contributed by atoms with Crippen LogP contribution in [0.1, 0.15) is 25.5 Å². The van der Waals surface area contributed by atoms with E-state index in [9.17, 15) is 4.39 Å². The molecule has 1 saturated heterocycles. The Morgan fingerprint density at radius 1 is 1.38 bits per heavy atom. The molecule has 2 N–H and O–H groups in total. The summed E-state index contributed by atoms with van der Waals surface area (Å²) < 4.78 is 26.4. The highest BCUT2D eigenvalue weighted by Crippen LogP contribution is 2.32. The molecule has 2 aromatic rings. The fourth-order valence-electron chi connectivity index (χ4n) is 2.51. The van der Waals surface area contributed by atoms with Gasteiger partial charge in [0.1, 0.15) is 17.7 Å². The van der Waals surface area contributed by atoms with Crippen molar-refractivity contribution in [2.45, 2.75) is 25.5 Å². The van der Waals surface area contributed by atoms with E-state index in [2.05, 4.69) is 5.10 Å². The van der Waals surface area contributed by atoms with Crippen molar-refractivity contribution in [3.8, 4) is 16.9 Å². The van der Waals surface area contributed by atoms with E-state index in [0.29, 0.717) is 11.3 Å². The normalized spacial score (nSPS) is 18.7. The van der Waals surface area contributed by atoms with Gasteiger partial charge in [0.2, 0.25) is 0 Å². The molecule has 21 heavy (non-hydrogen) atoms. The Labute approximate surface area is 122 Å². The molecule has 1 aromatic carbocycles. The summed E-state index contributed by atoms with van der Waals surface area (Å²) in [4.78, 5) is 0. The highest BCUT2D eigenvalue weighted by Gasteiger charge is 2.17. The molecule has 1 aliphatic rings. The van der Waals surface area contributed by atoms with E-state index in [1.165, 1.54) is 13.2 Å². The lowest BCUT2D eigenvalue weighted by atomic mass is 10.1. The Bertz CT molecular complexity index is 636. The van der Waals surface area contributed by atoms with Gasteiger partial charge in [-0.05, 0) is 37.0 Å². The molecule has 0 spiro atoms. The number of nitrogen functional groups attached to an aromatic ring is 1. The van der Waals surface area contributed by atoms with Gasteiger partial charge in [-0.3, -0.25) is 0 Å². The van der Waals surface area contributed by atoms with E-state index in [4.69, 9.17) is 15.2 Å². The molecule has 1 aliphatic heterocycles. The molecule has 1 unspecified atom stereocenters. The molecule has 0 bridgehead atoms. The van der Waals surface area contributed by atoms with Crippen molar-refractivity contribution in [2.24, 2.45) is 0 Å². The number of methoxy groups -OCH3 is 1. The average Bonchev–Trinajstić information content (AvgIpc) is 3.00. The number of benzene rings is 1. The molecule has 0 aliphatic carbocycles. The van der Waals surface area contributed by atoms with Gasteiger partial charge in [-0.25, -0.2) is 9.07 Å². The van der Waals surface area contributed by atoms with Gasteiger partial charge in [-0.2, -0.15) is 5.10 Å². The molecule has 1 fully saturated rings. The standard InChI is InChI=1S/C15H18FN3O2/c1-20-13-7-10(6-12(16)15(13)17)11-8-18-19(9-11)14-4-2-3-5-21-14/h6-9,14H,2-5,17H2,1H3. The second-order valence-electron chi connectivity index (χ2n) is 5.10. The number of rotatable bonds is 3. The zero-order valence-corrected chi connectivity index (χ0v) is 11.9. The van der Waals surface area contributed by atoms with Crippen LogP contribution in [0.4, 0.5) is 10.1 Å². The summed E-state index contributed by atoms with van der Waals surface area (Å²) in [5.41, 5.74) is 7.13. The van der Waals surface area contributed by atoms with Crippen molar-refractivity contribution in [1.82, 2.24) is 9.78 Å². The van der Waals surface area contributed by atoms with Gasteiger partial charge in [-0.15, -0.1) is 0 Å². The van der Waals surface area contributed by atoms with E-state index in [0.717, 1.165) is 31.4 Å². The van der Waals surface area contributed by atoms with Gasteiger partial charge < -0.3 is 15.2 Å². The van der Waals surface area contributed by atoms with Gasteiger partial charge in [-0.1, -0.05) is 0 Å². The smallest absolute Gasteiger partial charge is 0.150 e. The third-order valence-corrected chi connectivity index (χ3v) is 3.70. The molecule has 0 saturated carbocycles. The number of hydrogen-bond acceptors (Lipinski definition) is 4. The zero-order valence-electron chi connectivity index (χ0n) is 11.9. The van der Waals surface area contributed by atoms with Crippen molar-refractivity contribution >= 4 is 5.69 Å². The Morgan fingerprint density at radius 2 is 2.24 bits per heavy atom. The van der Waals surface area contributed by atoms with E-state index in [1.54, 1.807) is 16.9 Å². The largest absolute Gasteiger partial charge is 0.494 e. The van der Waals surface area contributed by atoms with Crippen LogP contribution < -0.4 is 10.5 Å². The van der Waals surface area contributed by atoms with Gasteiger partial charge in [0, 0.05) is 18.4 Å². The highest BCUT2D eigenvalue weighted by molar-refractivity contribution is 5.69. The Balaban J connectivity index is 1.90. The fraction of sp³-hybridized carbons (Fsp3) is 0.400. The molecular formula is C15H18FN3O2. The van der Waals surface area contributed by atoms with Crippen LogP contribution in [0.3, 0.4) is 0 Å². The lowest BCUT2D eigenvalue weighted by Gasteiger charge is -2.22. The van der Waals surface area contributed by atoms with E-state index in [-0.39, 0.29) is 11.9 Å². The van der Waals surface area contributed by atoms with Crippen molar-refractivity contribution < 1.29 is 13.9 Å². The minimum atomic E-state index is -0.494. The number of hydrogen-bond donors (Lipinski definition) is 1. The molecule has 1 aromatic heterocycles. The van der Waals surface area contributed by atoms with Gasteiger partial charge >= 0.3 is 0 Å². The summed E-state index contributed by atoms with van der Waals surface area (Å²) in [5.74, 6) is -0.169. The second-order valence-corrected chi connectivity index (χ2v) is 5.10. The number of ether oxygens (including phenoxy) is 2. The summed E-state index contributed by atoms with van der Waals surface area (Å²) in [6.07, 6.45) is 6.69. The van der Waals surface area contributed by atoms with Crippen LogP contribution in [0, 0.1) is 5.82 Å². The SMILES string of the molecule is COc1cc(-c2cnn(C3CCCCO3)c2)cc(F)c1N. The third-order valence-electron chi connectivity index (χ3n) is 3.70. The van der Waals surface area contributed by atoms with Crippen molar-refractivity contribution in [1.29, 1.82) is 0 Å². The van der Waals surface area contributed by atoms with Crippen molar-refractivity contribution in [3.63, 3.8) is 0 Å². The van der Waals surface area contributed by atoms with Gasteiger partial charge in [0.05, 0.1) is 13.3 Å². The first-order chi connectivity index (χ1) is 10.2. The van der Waals surface area contributed by atoms with Crippen LogP contribution >= 0.6 is 0 Å². The summed E-state index contributed by atoms with van der Waals surface area (Å²) in [6, 6.07) is 3.10. The maximum atomic E-state index is 13.8. The quantitative estimate of drug-likeness (QED) is 0.883. The number of halogens is 1. The molecule has 5 nitrogen and oxygen atoms in total. The van der Waals surface area contributed by atoms with E-state index < -0.39 is 5.82 Å². The van der Waals surface area contributed by atoms with Crippen molar-refractivity contribution in [3.05, 3.63) is 30.3 Å². The van der Waals surface area contributed by atoms with Gasteiger partial charge in [0.25, 0.3) is 0 Å². The number of nitrogens with two attached hydrogens (primary N) is 1. The summed E-state index contributed by atoms with van der Waals surface area (Å²) in [6.45, 7) is 0.754. The van der Waals surface area contributed by atoms with Crippen LogP contribution in [-0.4, -0.2) is 23.5 Å². The molecule has 0 amide bonds. The molecule has 1 atom stereocenters. The van der Waals surface area contributed by atoms with Crippen LogP contribution in [0.15, 0.2) is 24.5 Å². The first-order valence-electron chi connectivity index (χ1n) is 6.98. The fourth-order valence-corrected chi connectivity index (χ4v) is 2.51. The number of aromatic nitrogens is 2. The topological polar surface area (TPSA) is 62.3 Å². The maximum absolute atomic E-state index is 13.8. The summed E-state index contributed by atoms with van der Waals surface area (Å²) in [7, 11) is 1.47. The molecule has 6 heteroatoms. The van der Waals surface area contributed by atoms with E-state index in [1.807, 2.05) is 6.20 Å². The Morgan fingerprint density at radius 3 is 2.95 bits per heavy atom. The molecule has 3 rings (SSSR count). The molecule has 2 heterocycles. The summed E-state index contributed by atoms with van der Waals surface area (Å²) >= 11 is 0. The highest BCUT2D eigenvalue weighted by atomic mass is 19.1. The second kappa shape index (κ2) is 5.73. The first kappa shape index (κ1) is 13.9. The minimum absolute atomic E-state index is 0.0178. The van der Waals surface area contributed by atoms with Crippen LogP contribution in [0.5, 0.6) is 5.75 Å². The van der Waals surface area contributed by atoms with Crippen LogP contribution in [0.2, 0.25) is 0 Å².